The van der Waals surface area contributed by atoms with E-state index in [2.05, 4.69) is 31.1 Å². The van der Waals surface area contributed by atoms with E-state index >= 15 is 0 Å². The highest BCUT2D eigenvalue weighted by molar-refractivity contribution is 7.00. The summed E-state index contributed by atoms with van der Waals surface area (Å²) in [6, 6.07) is 16.1. The monoisotopic (exact) mass is 422 g/mol. The first-order chi connectivity index (χ1) is 14.6. The van der Waals surface area contributed by atoms with Gasteiger partial charge in [-0.05, 0) is 42.5 Å². The van der Waals surface area contributed by atoms with Crippen LogP contribution in [0.25, 0.3) is 11.0 Å². The van der Waals surface area contributed by atoms with Gasteiger partial charge in [-0.1, -0.05) is 42.8 Å². The molecule has 30 heavy (non-hydrogen) atoms. The first-order valence-electron chi connectivity index (χ1n) is 10.6. The van der Waals surface area contributed by atoms with Gasteiger partial charge in [0.15, 0.2) is 0 Å². The van der Waals surface area contributed by atoms with Gasteiger partial charge in [-0.2, -0.15) is 8.75 Å². The number of carbonyl (C=O) groups excluding carboxylic acids is 1. The van der Waals surface area contributed by atoms with Crippen LogP contribution in [0.15, 0.2) is 48.5 Å². The number of aromatic nitrogens is 2. The number of piperidine rings is 1. The second-order valence-electron chi connectivity index (χ2n) is 8.54. The average molecular weight is 423 g/mol. The molecule has 0 radical (unpaired) electrons. The lowest BCUT2D eigenvalue weighted by Crippen LogP contribution is -2.62. The van der Waals surface area contributed by atoms with Crippen molar-refractivity contribution in [3.63, 3.8) is 0 Å². The van der Waals surface area contributed by atoms with Crippen LogP contribution in [0.2, 0.25) is 0 Å². The molecule has 5 rings (SSSR count). The molecule has 6 nitrogen and oxygen atoms in total. The zero-order chi connectivity index (χ0) is 20.6. The Labute approximate surface area is 180 Å². The van der Waals surface area contributed by atoms with Crippen LogP contribution in [0.3, 0.4) is 0 Å². The van der Waals surface area contributed by atoms with Crippen LogP contribution in [-0.4, -0.2) is 43.9 Å². The molecule has 2 atom stereocenters. The molecule has 3 aromatic rings. The van der Waals surface area contributed by atoms with Gasteiger partial charge in [0.25, 0.3) is 0 Å². The number of likely N-dealkylation sites (tertiary alicyclic amines) is 1. The van der Waals surface area contributed by atoms with Crippen molar-refractivity contribution in [2.45, 2.75) is 43.9 Å². The maximum Gasteiger partial charge on any atom is 0.223 e. The Morgan fingerprint density at radius 2 is 1.97 bits per heavy atom. The van der Waals surface area contributed by atoms with E-state index in [-0.39, 0.29) is 11.8 Å². The zero-order valence-electron chi connectivity index (χ0n) is 16.8. The number of carbonyl (C=O) groups is 1. The predicted octanol–water partition coefficient (Wildman–Crippen LogP) is 3.07. The summed E-state index contributed by atoms with van der Waals surface area (Å²) in [6.45, 7) is 2.05. The largest absolute Gasteiger partial charge is 0.389 e. The van der Waals surface area contributed by atoms with Gasteiger partial charge in [-0.15, -0.1) is 0 Å². The molecular weight excluding hydrogens is 396 g/mol. The van der Waals surface area contributed by atoms with Crippen molar-refractivity contribution in [1.29, 1.82) is 0 Å². The third-order valence-electron chi connectivity index (χ3n) is 6.66. The van der Waals surface area contributed by atoms with Crippen LogP contribution in [0.5, 0.6) is 0 Å². The van der Waals surface area contributed by atoms with Crippen molar-refractivity contribution in [1.82, 2.24) is 19.0 Å². The number of aliphatic hydroxyl groups excluding tert-OH is 1. The molecular formula is C23H26N4O2S. The van der Waals surface area contributed by atoms with E-state index in [9.17, 15) is 9.90 Å². The SMILES string of the molecule is O=C(N[C@@]1(c2ccccc2)CCN(Cc2ccc3nsnc3c2)C[C@H]1O)C1CCC1. The number of fused-ring (bicyclic) bond motifs is 1. The number of nitrogens with zero attached hydrogens (tertiary/aromatic N) is 3. The molecule has 2 fully saturated rings. The Hall–Kier alpha value is -2.35. The van der Waals surface area contributed by atoms with Crippen molar-refractivity contribution in [2.24, 2.45) is 5.92 Å². The van der Waals surface area contributed by atoms with Gasteiger partial charge < -0.3 is 10.4 Å². The molecule has 2 aromatic carbocycles. The van der Waals surface area contributed by atoms with Crippen molar-refractivity contribution in [3.05, 3.63) is 59.7 Å². The highest BCUT2D eigenvalue weighted by Gasteiger charge is 2.46. The summed E-state index contributed by atoms with van der Waals surface area (Å²) in [6.07, 6.45) is 3.02. The number of benzene rings is 2. The van der Waals surface area contributed by atoms with Crippen LogP contribution < -0.4 is 5.32 Å². The van der Waals surface area contributed by atoms with Crippen LogP contribution in [0.4, 0.5) is 0 Å². The molecule has 1 saturated heterocycles. The molecule has 1 saturated carbocycles. The van der Waals surface area contributed by atoms with Gasteiger partial charge in [-0.25, -0.2) is 0 Å². The van der Waals surface area contributed by atoms with Crippen molar-refractivity contribution in [3.8, 4) is 0 Å². The molecule has 156 valence electrons. The minimum Gasteiger partial charge on any atom is -0.389 e. The van der Waals surface area contributed by atoms with Crippen molar-refractivity contribution >= 4 is 28.7 Å². The Kier molecular flexibility index (Phi) is 5.26. The topological polar surface area (TPSA) is 78.4 Å². The fourth-order valence-corrected chi connectivity index (χ4v) is 5.12. The second kappa shape index (κ2) is 8.06. The molecule has 0 unspecified atom stereocenters. The van der Waals surface area contributed by atoms with Gasteiger partial charge in [0.2, 0.25) is 5.91 Å². The van der Waals surface area contributed by atoms with Crippen LogP contribution in [-0.2, 0) is 16.9 Å². The highest BCUT2D eigenvalue weighted by Crippen LogP contribution is 2.36. The number of hydrogen-bond acceptors (Lipinski definition) is 6. The number of nitrogens with one attached hydrogen (secondary N) is 1. The number of rotatable bonds is 5. The lowest BCUT2D eigenvalue weighted by atomic mass is 9.76. The van der Waals surface area contributed by atoms with Gasteiger partial charge in [-0.3, -0.25) is 9.69 Å². The maximum absolute atomic E-state index is 12.8. The first kappa shape index (κ1) is 19.6. The highest BCUT2D eigenvalue weighted by atomic mass is 32.1. The quantitative estimate of drug-likeness (QED) is 0.661. The Morgan fingerprint density at radius 1 is 1.17 bits per heavy atom. The fourth-order valence-electron chi connectivity index (χ4n) is 4.60. The predicted molar refractivity (Wildman–Crippen MR) is 117 cm³/mol. The van der Waals surface area contributed by atoms with Crippen LogP contribution in [0, 0.1) is 5.92 Å². The number of hydrogen-bond donors (Lipinski definition) is 2. The minimum atomic E-state index is -0.729. The molecule has 1 aromatic heterocycles. The Bertz CT molecular complexity index is 1040. The molecule has 0 bridgehead atoms. The summed E-state index contributed by atoms with van der Waals surface area (Å²) >= 11 is 1.23. The molecule has 2 aliphatic rings. The number of aliphatic hydroxyl groups is 1. The summed E-state index contributed by atoms with van der Waals surface area (Å²) in [4.78, 5) is 15.1. The summed E-state index contributed by atoms with van der Waals surface area (Å²) in [5.41, 5.74) is 3.26. The number of β-amino-alcohol motifs (C(OH)–C–C–N with tert-alkyl or cyclic N) is 1. The summed E-state index contributed by atoms with van der Waals surface area (Å²) in [5, 5.41) is 14.6. The van der Waals surface area contributed by atoms with E-state index in [0.717, 1.165) is 54.5 Å². The van der Waals surface area contributed by atoms with Crippen LogP contribution in [0.1, 0.15) is 36.8 Å². The van der Waals surface area contributed by atoms with Crippen molar-refractivity contribution in [2.75, 3.05) is 13.1 Å². The summed E-state index contributed by atoms with van der Waals surface area (Å²) in [5.74, 6) is 0.174. The van der Waals surface area contributed by atoms with Gasteiger partial charge in [0.05, 0.1) is 23.4 Å². The third kappa shape index (κ3) is 3.62. The van der Waals surface area contributed by atoms with Gasteiger partial charge in [0.1, 0.15) is 11.0 Å². The van der Waals surface area contributed by atoms with Crippen molar-refractivity contribution < 1.29 is 9.90 Å². The zero-order valence-corrected chi connectivity index (χ0v) is 17.6. The van der Waals surface area contributed by atoms with E-state index < -0.39 is 11.6 Å². The molecule has 2 heterocycles. The van der Waals surface area contributed by atoms with Gasteiger partial charge in [0, 0.05) is 25.6 Å². The Balaban J connectivity index is 1.35. The standard InChI is InChI=1S/C23H26N4O2S/c28-21-15-27(14-16-9-10-19-20(13-16)26-30-25-19)12-11-23(21,18-7-2-1-3-8-18)24-22(29)17-5-4-6-17/h1-3,7-10,13,17,21,28H,4-6,11-12,14-15H2,(H,24,29)/t21-,23-/m1/s1. The molecule has 0 spiro atoms. The van der Waals surface area contributed by atoms with E-state index in [1.807, 2.05) is 36.4 Å². The van der Waals surface area contributed by atoms with Gasteiger partial charge >= 0.3 is 0 Å². The van der Waals surface area contributed by atoms with E-state index in [0.29, 0.717) is 13.0 Å². The molecule has 2 N–H and O–H groups in total. The lowest BCUT2D eigenvalue weighted by Gasteiger charge is -2.47. The van der Waals surface area contributed by atoms with E-state index in [1.54, 1.807) is 0 Å². The molecule has 1 amide bonds. The van der Waals surface area contributed by atoms with E-state index in [1.165, 1.54) is 11.7 Å². The molecule has 7 heteroatoms. The first-order valence-corrected chi connectivity index (χ1v) is 11.4. The number of amides is 1. The summed E-state index contributed by atoms with van der Waals surface area (Å²) < 4.78 is 8.59. The maximum atomic E-state index is 12.8. The normalized spacial score (nSPS) is 25.2. The van der Waals surface area contributed by atoms with E-state index in [4.69, 9.17) is 0 Å². The summed E-state index contributed by atoms with van der Waals surface area (Å²) in [7, 11) is 0. The average Bonchev–Trinajstić information content (AvgIpc) is 3.17. The fraction of sp³-hybridized carbons (Fsp3) is 0.435. The smallest absolute Gasteiger partial charge is 0.223 e. The third-order valence-corrected chi connectivity index (χ3v) is 7.21. The molecule has 1 aliphatic carbocycles. The second-order valence-corrected chi connectivity index (χ2v) is 9.07. The Morgan fingerprint density at radius 3 is 2.70 bits per heavy atom. The van der Waals surface area contributed by atoms with Crippen LogP contribution >= 0.6 is 11.7 Å². The lowest BCUT2D eigenvalue weighted by molar-refractivity contribution is -0.133. The minimum absolute atomic E-state index is 0.0825. The molecule has 1 aliphatic heterocycles.